The lowest BCUT2D eigenvalue weighted by molar-refractivity contribution is 1.16. The molecule has 0 aliphatic rings. The summed E-state index contributed by atoms with van der Waals surface area (Å²) in [6, 6.07) is 4.16. The van der Waals surface area contributed by atoms with Crippen molar-refractivity contribution >= 4 is 39.7 Å². The molecule has 13 heavy (non-hydrogen) atoms. The smallest absolute Gasteiger partial charge is 0.0499 e. The number of fused-ring (bicyclic) bond motifs is 1. The highest BCUT2D eigenvalue weighted by atomic mass is 32.1. The van der Waals surface area contributed by atoms with Crippen LogP contribution in [0, 0.1) is 0 Å². The Kier molecular flexibility index (Phi) is 2.22. The molecule has 0 aliphatic heterocycles. The van der Waals surface area contributed by atoms with E-state index in [4.69, 9.17) is 5.73 Å². The number of nitrogen functional groups attached to an aromatic ring is 1. The van der Waals surface area contributed by atoms with Crippen LogP contribution in [0.2, 0.25) is 0 Å². The molecule has 2 aromatic rings. The quantitative estimate of drug-likeness (QED) is 0.547. The summed E-state index contributed by atoms with van der Waals surface area (Å²) >= 11 is 6.10. The van der Waals surface area contributed by atoms with Gasteiger partial charge in [-0.25, -0.2) is 0 Å². The van der Waals surface area contributed by atoms with Crippen molar-refractivity contribution in [3.63, 3.8) is 0 Å². The maximum Gasteiger partial charge on any atom is 0.0499 e. The zero-order valence-electron chi connectivity index (χ0n) is 7.37. The van der Waals surface area contributed by atoms with Gasteiger partial charge in [0.05, 0.1) is 0 Å². The van der Waals surface area contributed by atoms with E-state index in [1.807, 2.05) is 6.07 Å². The topological polar surface area (TPSA) is 26.0 Å². The van der Waals surface area contributed by atoms with Crippen LogP contribution in [0.5, 0.6) is 0 Å². The summed E-state index contributed by atoms with van der Waals surface area (Å²) in [5, 5.41) is 3.38. The van der Waals surface area contributed by atoms with Crippen LogP contribution in [0.1, 0.15) is 12.5 Å². The van der Waals surface area contributed by atoms with E-state index < -0.39 is 0 Å². The minimum absolute atomic E-state index is 0.787. The zero-order valence-corrected chi connectivity index (χ0v) is 9.08. The van der Waals surface area contributed by atoms with Crippen LogP contribution in [0.25, 0.3) is 10.1 Å². The lowest BCUT2D eigenvalue weighted by Crippen LogP contribution is -1.90. The fourth-order valence-electron chi connectivity index (χ4n) is 1.50. The van der Waals surface area contributed by atoms with Gasteiger partial charge in [0.25, 0.3) is 0 Å². The molecule has 0 spiro atoms. The largest absolute Gasteiger partial charge is 0.398 e. The second-order valence-electron chi connectivity index (χ2n) is 2.99. The summed E-state index contributed by atoms with van der Waals surface area (Å²) in [5.74, 6) is 0. The van der Waals surface area contributed by atoms with E-state index in [1.54, 1.807) is 11.3 Å². The second kappa shape index (κ2) is 3.24. The maximum atomic E-state index is 5.85. The summed E-state index contributed by atoms with van der Waals surface area (Å²) in [6.45, 7) is 2.14. The van der Waals surface area contributed by atoms with Crippen molar-refractivity contribution in [3.05, 3.63) is 23.1 Å². The number of thiophene rings is 1. The molecule has 0 fully saturated rings. The zero-order chi connectivity index (χ0) is 9.42. The van der Waals surface area contributed by atoms with Gasteiger partial charge in [-0.1, -0.05) is 6.92 Å². The first-order chi connectivity index (χ1) is 6.24. The van der Waals surface area contributed by atoms with Crippen molar-refractivity contribution in [1.82, 2.24) is 0 Å². The highest BCUT2D eigenvalue weighted by Crippen LogP contribution is 2.34. The molecule has 0 saturated heterocycles. The molecular formula is C10H11NS2. The molecule has 1 nitrogen and oxygen atoms in total. The third-order valence-corrected chi connectivity index (χ3v) is 3.78. The number of hydrogen-bond acceptors (Lipinski definition) is 3. The summed E-state index contributed by atoms with van der Waals surface area (Å²) in [7, 11) is 0. The first kappa shape index (κ1) is 8.91. The van der Waals surface area contributed by atoms with Crippen molar-refractivity contribution in [2.45, 2.75) is 18.2 Å². The lowest BCUT2D eigenvalue weighted by Gasteiger charge is -2.05. The molecule has 2 rings (SSSR count). The molecule has 0 atom stereocenters. The molecule has 0 bridgehead atoms. The van der Waals surface area contributed by atoms with Crippen LogP contribution >= 0.6 is 24.0 Å². The van der Waals surface area contributed by atoms with Crippen LogP contribution in [0.15, 0.2) is 22.4 Å². The molecule has 1 aromatic carbocycles. The molecule has 68 valence electrons. The fraction of sp³-hybridized carbons (Fsp3) is 0.200. The summed E-state index contributed by atoms with van der Waals surface area (Å²) < 4.78 is 1.21. The summed E-state index contributed by atoms with van der Waals surface area (Å²) in [5.41, 5.74) is 7.95. The normalized spacial score (nSPS) is 10.9. The van der Waals surface area contributed by atoms with Crippen LogP contribution in [0.3, 0.4) is 0 Å². The Morgan fingerprint density at radius 1 is 1.54 bits per heavy atom. The predicted molar refractivity (Wildman–Crippen MR) is 62.9 cm³/mol. The lowest BCUT2D eigenvalue weighted by atomic mass is 10.1. The van der Waals surface area contributed by atoms with Gasteiger partial charge < -0.3 is 5.73 Å². The average molecular weight is 209 g/mol. The van der Waals surface area contributed by atoms with E-state index in [0.29, 0.717) is 0 Å². The van der Waals surface area contributed by atoms with Gasteiger partial charge >= 0.3 is 0 Å². The van der Waals surface area contributed by atoms with Crippen LogP contribution in [0.4, 0.5) is 5.69 Å². The predicted octanol–water partition coefficient (Wildman–Crippen LogP) is 3.33. The van der Waals surface area contributed by atoms with Crippen molar-refractivity contribution in [1.29, 1.82) is 0 Å². The Balaban J connectivity index is 2.87. The van der Waals surface area contributed by atoms with Gasteiger partial charge in [-0.3, -0.25) is 0 Å². The monoisotopic (exact) mass is 209 g/mol. The third kappa shape index (κ3) is 1.32. The molecule has 0 amide bonds. The van der Waals surface area contributed by atoms with Gasteiger partial charge in [-0.05, 0) is 34.9 Å². The number of benzene rings is 1. The number of nitrogens with two attached hydrogens (primary N) is 1. The van der Waals surface area contributed by atoms with Crippen LogP contribution in [-0.4, -0.2) is 0 Å². The first-order valence-corrected chi connectivity index (χ1v) is 5.54. The number of anilines is 1. The molecule has 0 aliphatic carbocycles. The molecular weight excluding hydrogens is 198 g/mol. The van der Waals surface area contributed by atoms with Crippen LogP contribution in [-0.2, 0) is 6.42 Å². The highest BCUT2D eigenvalue weighted by molar-refractivity contribution is 7.81. The molecule has 0 saturated carbocycles. The highest BCUT2D eigenvalue weighted by Gasteiger charge is 2.07. The van der Waals surface area contributed by atoms with E-state index in [0.717, 1.165) is 17.0 Å². The van der Waals surface area contributed by atoms with Crippen molar-refractivity contribution in [2.24, 2.45) is 0 Å². The number of hydrogen-bond donors (Lipinski definition) is 2. The summed E-state index contributed by atoms with van der Waals surface area (Å²) in [4.78, 5) is 0.919. The van der Waals surface area contributed by atoms with E-state index in [1.165, 1.54) is 15.6 Å². The van der Waals surface area contributed by atoms with E-state index in [9.17, 15) is 0 Å². The third-order valence-electron chi connectivity index (χ3n) is 2.21. The van der Waals surface area contributed by atoms with E-state index in [-0.39, 0.29) is 0 Å². The van der Waals surface area contributed by atoms with E-state index in [2.05, 4.69) is 31.0 Å². The number of rotatable bonds is 1. The maximum absolute atomic E-state index is 5.85. The molecule has 0 radical (unpaired) electrons. The Morgan fingerprint density at radius 2 is 2.31 bits per heavy atom. The minimum Gasteiger partial charge on any atom is -0.398 e. The number of aryl methyl sites for hydroxylation is 1. The first-order valence-electron chi connectivity index (χ1n) is 4.21. The van der Waals surface area contributed by atoms with Gasteiger partial charge in [-0.15, -0.1) is 24.0 Å². The Bertz CT molecular complexity index is 445. The van der Waals surface area contributed by atoms with Crippen molar-refractivity contribution in [2.75, 3.05) is 5.73 Å². The molecule has 2 N–H and O–H groups in total. The standard InChI is InChI=1S/C10H11NS2/c1-2-6-5-8(11)9(12)10-7(6)3-4-13-10/h3-5,12H,2,11H2,1H3. The van der Waals surface area contributed by atoms with E-state index >= 15 is 0 Å². The fourth-order valence-corrected chi connectivity index (χ4v) is 2.74. The van der Waals surface area contributed by atoms with Gasteiger partial charge in [0, 0.05) is 15.3 Å². The van der Waals surface area contributed by atoms with Gasteiger partial charge in [-0.2, -0.15) is 0 Å². The Morgan fingerprint density at radius 3 is 3.00 bits per heavy atom. The van der Waals surface area contributed by atoms with Crippen LogP contribution < -0.4 is 5.73 Å². The SMILES string of the molecule is CCc1cc(N)c(S)c2sccc12. The Labute approximate surface area is 87.0 Å². The Hall–Kier alpha value is -0.670. The molecule has 1 heterocycles. The average Bonchev–Trinajstić information content (AvgIpc) is 2.60. The second-order valence-corrected chi connectivity index (χ2v) is 4.35. The summed E-state index contributed by atoms with van der Waals surface area (Å²) in [6.07, 6.45) is 1.02. The molecule has 0 unspecified atom stereocenters. The molecule has 1 aromatic heterocycles. The van der Waals surface area contributed by atoms with Gasteiger partial charge in [0.2, 0.25) is 0 Å². The van der Waals surface area contributed by atoms with Gasteiger partial charge in [0.1, 0.15) is 0 Å². The number of thiol groups is 1. The van der Waals surface area contributed by atoms with Crippen molar-refractivity contribution < 1.29 is 0 Å². The minimum atomic E-state index is 0.787. The van der Waals surface area contributed by atoms with Crippen molar-refractivity contribution in [3.8, 4) is 0 Å². The van der Waals surface area contributed by atoms with Gasteiger partial charge in [0.15, 0.2) is 0 Å². The molecule has 3 heteroatoms.